The van der Waals surface area contributed by atoms with Crippen LogP contribution in [0.15, 0.2) is 18.2 Å². The molecule has 0 radical (unpaired) electrons. The summed E-state index contributed by atoms with van der Waals surface area (Å²) in [5, 5.41) is 21.1. The van der Waals surface area contributed by atoms with Crippen molar-refractivity contribution in [3.05, 3.63) is 23.8 Å². The lowest BCUT2D eigenvalue weighted by molar-refractivity contribution is -0.122. The van der Waals surface area contributed by atoms with Crippen molar-refractivity contribution >= 4 is 16.7 Å². The number of phenolic OH excluding ortho intramolecular Hbond substituents is 2. The summed E-state index contributed by atoms with van der Waals surface area (Å²) in [6, 6.07) is 3.54. The van der Waals surface area contributed by atoms with Crippen molar-refractivity contribution in [2.75, 3.05) is 18.6 Å². The fourth-order valence-corrected chi connectivity index (χ4v) is 1.88. The minimum absolute atomic E-state index is 0.216. The summed E-state index contributed by atoms with van der Waals surface area (Å²) in [5.74, 6) is -0.407. The highest BCUT2D eigenvalue weighted by Crippen LogP contribution is 2.25. The number of hydrogen-bond acceptors (Lipinski definition) is 5. The van der Waals surface area contributed by atoms with E-state index in [2.05, 4.69) is 5.32 Å². The van der Waals surface area contributed by atoms with Gasteiger partial charge >= 0.3 is 0 Å². The second kappa shape index (κ2) is 7.10. The van der Waals surface area contributed by atoms with Crippen molar-refractivity contribution in [3.8, 4) is 11.5 Å². The third-order valence-electron chi connectivity index (χ3n) is 2.52. The van der Waals surface area contributed by atoms with Crippen molar-refractivity contribution in [2.45, 2.75) is 12.5 Å². The van der Waals surface area contributed by atoms with Gasteiger partial charge in [-0.3, -0.25) is 9.00 Å². The summed E-state index contributed by atoms with van der Waals surface area (Å²) in [5.41, 5.74) is 6.37. The Morgan fingerprint density at radius 1 is 1.42 bits per heavy atom. The quantitative estimate of drug-likeness (QED) is 0.525. The van der Waals surface area contributed by atoms with E-state index in [4.69, 9.17) is 10.8 Å². The Kier molecular flexibility index (Phi) is 5.78. The number of nitrogens with two attached hydrogens (primary N) is 1. The first-order valence-electron chi connectivity index (χ1n) is 5.74. The lowest BCUT2D eigenvalue weighted by Crippen LogP contribution is -2.43. The molecule has 0 spiro atoms. The van der Waals surface area contributed by atoms with E-state index in [0.717, 1.165) is 0 Å². The van der Waals surface area contributed by atoms with E-state index in [1.807, 2.05) is 0 Å². The van der Waals surface area contributed by atoms with Crippen LogP contribution in [0.1, 0.15) is 5.56 Å². The smallest absolute Gasteiger partial charge is 0.237 e. The van der Waals surface area contributed by atoms with Gasteiger partial charge in [0.25, 0.3) is 0 Å². The van der Waals surface area contributed by atoms with E-state index in [1.54, 1.807) is 12.3 Å². The van der Waals surface area contributed by atoms with Crippen LogP contribution in [0.4, 0.5) is 0 Å². The molecule has 0 bridgehead atoms. The first kappa shape index (κ1) is 15.5. The predicted octanol–water partition coefficient (Wildman–Crippen LogP) is -0.538. The van der Waals surface area contributed by atoms with Gasteiger partial charge in [-0.2, -0.15) is 0 Å². The largest absolute Gasteiger partial charge is 0.504 e. The van der Waals surface area contributed by atoms with Gasteiger partial charge in [0.2, 0.25) is 5.91 Å². The molecule has 1 rings (SSSR count). The van der Waals surface area contributed by atoms with E-state index < -0.39 is 16.8 Å². The van der Waals surface area contributed by atoms with Gasteiger partial charge in [-0.05, 0) is 24.1 Å². The number of hydrogen-bond donors (Lipinski definition) is 4. The number of carbonyl (C=O) groups is 1. The average Bonchev–Trinajstić information content (AvgIpc) is 2.33. The van der Waals surface area contributed by atoms with Gasteiger partial charge in [0.05, 0.1) is 6.04 Å². The van der Waals surface area contributed by atoms with Gasteiger partial charge in [0, 0.05) is 29.4 Å². The zero-order valence-electron chi connectivity index (χ0n) is 10.6. The van der Waals surface area contributed by atoms with Crippen molar-refractivity contribution in [1.82, 2.24) is 5.32 Å². The van der Waals surface area contributed by atoms with Gasteiger partial charge in [0.1, 0.15) is 0 Å². The van der Waals surface area contributed by atoms with E-state index in [9.17, 15) is 14.1 Å². The third kappa shape index (κ3) is 5.27. The van der Waals surface area contributed by atoms with Crippen LogP contribution in [0.5, 0.6) is 11.5 Å². The number of phenols is 2. The van der Waals surface area contributed by atoms with E-state index in [1.165, 1.54) is 12.1 Å². The second-order valence-electron chi connectivity index (χ2n) is 4.20. The minimum Gasteiger partial charge on any atom is -0.504 e. The predicted molar refractivity (Wildman–Crippen MR) is 73.4 cm³/mol. The standard InChI is InChI=1S/C12H18N2O4S/c1-19(18)5-4-14-12(17)9(13)6-8-2-3-10(15)11(16)7-8/h2-3,7,9,15-16H,4-6,13H2,1H3,(H,14,17)/t9-,19?/m0/s1. The van der Waals surface area contributed by atoms with Crippen molar-refractivity contribution in [3.63, 3.8) is 0 Å². The third-order valence-corrected chi connectivity index (χ3v) is 3.30. The number of rotatable bonds is 6. The summed E-state index contributed by atoms with van der Waals surface area (Å²) in [7, 11) is -0.955. The molecule has 5 N–H and O–H groups in total. The number of carbonyl (C=O) groups excluding carboxylic acids is 1. The molecule has 0 aliphatic rings. The van der Waals surface area contributed by atoms with Crippen molar-refractivity contribution in [1.29, 1.82) is 0 Å². The van der Waals surface area contributed by atoms with Gasteiger partial charge in [-0.25, -0.2) is 0 Å². The fraction of sp³-hybridized carbons (Fsp3) is 0.417. The first-order chi connectivity index (χ1) is 8.90. The molecule has 0 saturated carbocycles. The Morgan fingerprint density at radius 2 is 2.11 bits per heavy atom. The molecular formula is C12H18N2O4S. The normalized spacial score (nSPS) is 13.8. The summed E-state index contributed by atoms with van der Waals surface area (Å²) in [6.07, 6.45) is 1.81. The van der Waals surface area contributed by atoms with Gasteiger partial charge in [0.15, 0.2) is 11.5 Å². The minimum atomic E-state index is -0.955. The highest BCUT2D eigenvalue weighted by Gasteiger charge is 2.14. The molecule has 0 heterocycles. The van der Waals surface area contributed by atoms with Crippen LogP contribution in [0.3, 0.4) is 0 Å². The van der Waals surface area contributed by atoms with Crippen LogP contribution in [-0.4, -0.2) is 44.9 Å². The molecule has 6 nitrogen and oxygen atoms in total. The Morgan fingerprint density at radius 3 is 2.68 bits per heavy atom. The SMILES string of the molecule is CS(=O)CCNC(=O)[C@@H](N)Cc1ccc(O)c(O)c1. The topological polar surface area (TPSA) is 113 Å². The molecule has 1 amide bonds. The molecule has 0 aliphatic heterocycles. The molecule has 19 heavy (non-hydrogen) atoms. The van der Waals surface area contributed by atoms with E-state index in [0.29, 0.717) is 17.9 Å². The van der Waals surface area contributed by atoms with Gasteiger partial charge in [-0.1, -0.05) is 6.07 Å². The highest BCUT2D eigenvalue weighted by molar-refractivity contribution is 7.84. The Hall–Kier alpha value is -1.60. The lowest BCUT2D eigenvalue weighted by atomic mass is 10.1. The molecule has 0 aromatic heterocycles. The van der Waals surface area contributed by atoms with Crippen molar-refractivity contribution < 1.29 is 19.2 Å². The highest BCUT2D eigenvalue weighted by atomic mass is 32.2. The lowest BCUT2D eigenvalue weighted by Gasteiger charge is -2.12. The molecule has 106 valence electrons. The van der Waals surface area contributed by atoms with E-state index >= 15 is 0 Å². The molecule has 1 aromatic rings. The summed E-state index contributed by atoms with van der Waals surface area (Å²) >= 11 is 0. The van der Waals surface area contributed by atoms with Crippen LogP contribution in [-0.2, 0) is 22.0 Å². The Labute approximate surface area is 114 Å². The maximum atomic E-state index is 11.6. The summed E-state index contributed by atoms with van der Waals surface area (Å²) < 4.78 is 10.8. The molecular weight excluding hydrogens is 268 g/mol. The van der Waals surface area contributed by atoms with Crippen LogP contribution in [0, 0.1) is 0 Å². The molecule has 0 saturated heterocycles. The molecule has 1 aromatic carbocycles. The van der Waals surface area contributed by atoms with Crippen LogP contribution in [0.25, 0.3) is 0 Å². The zero-order valence-corrected chi connectivity index (χ0v) is 11.4. The number of nitrogens with one attached hydrogen (secondary N) is 1. The van der Waals surface area contributed by atoms with Crippen LogP contribution in [0.2, 0.25) is 0 Å². The zero-order chi connectivity index (χ0) is 14.4. The van der Waals surface area contributed by atoms with Gasteiger partial charge < -0.3 is 21.3 Å². The summed E-state index contributed by atoms with van der Waals surface area (Å²) in [4.78, 5) is 11.6. The number of aromatic hydroxyl groups is 2. The monoisotopic (exact) mass is 286 g/mol. The van der Waals surface area contributed by atoms with Crippen molar-refractivity contribution in [2.24, 2.45) is 5.73 Å². The van der Waals surface area contributed by atoms with Crippen LogP contribution >= 0.6 is 0 Å². The maximum absolute atomic E-state index is 11.6. The number of amides is 1. The maximum Gasteiger partial charge on any atom is 0.237 e. The first-order valence-corrected chi connectivity index (χ1v) is 7.47. The van der Waals surface area contributed by atoms with Crippen LogP contribution < -0.4 is 11.1 Å². The Balaban J connectivity index is 2.49. The molecule has 0 aliphatic carbocycles. The summed E-state index contributed by atoms with van der Waals surface area (Å²) in [6.45, 7) is 0.316. The molecule has 7 heteroatoms. The molecule has 1 unspecified atom stereocenters. The van der Waals surface area contributed by atoms with E-state index in [-0.39, 0.29) is 23.8 Å². The number of benzene rings is 1. The second-order valence-corrected chi connectivity index (χ2v) is 5.76. The average molecular weight is 286 g/mol. The molecule has 0 fully saturated rings. The Bertz CT molecular complexity index is 479. The van der Waals surface area contributed by atoms with Gasteiger partial charge in [-0.15, -0.1) is 0 Å². The fourth-order valence-electron chi connectivity index (χ4n) is 1.49. The molecule has 2 atom stereocenters.